The second kappa shape index (κ2) is 9.54. The molecule has 3 aromatic rings. The highest BCUT2D eigenvalue weighted by atomic mass is 79.9. The topological polar surface area (TPSA) is 43.2 Å². The van der Waals surface area contributed by atoms with Gasteiger partial charge in [-0.2, -0.15) is 0 Å². The summed E-state index contributed by atoms with van der Waals surface area (Å²) in [6.07, 6.45) is 0. The van der Waals surface area contributed by atoms with Crippen LogP contribution in [0, 0.1) is 5.82 Å². The maximum absolute atomic E-state index is 13.4. The van der Waals surface area contributed by atoms with E-state index in [2.05, 4.69) is 38.0 Å². The first-order chi connectivity index (χ1) is 13.5. The van der Waals surface area contributed by atoms with E-state index in [4.69, 9.17) is 4.74 Å². The lowest BCUT2D eigenvalue weighted by Gasteiger charge is -2.20. The van der Waals surface area contributed by atoms with Crippen molar-refractivity contribution in [2.24, 2.45) is 0 Å². The van der Waals surface area contributed by atoms with Crippen LogP contribution < -0.4 is 4.74 Å². The molecule has 0 saturated heterocycles. The third-order valence-electron chi connectivity index (χ3n) is 4.27. The van der Waals surface area contributed by atoms with Crippen molar-refractivity contribution in [1.29, 1.82) is 0 Å². The Balaban J connectivity index is 1.75. The van der Waals surface area contributed by atoms with E-state index in [1.54, 1.807) is 23.9 Å². The minimum Gasteiger partial charge on any atom is -0.493 e. The molecule has 1 unspecified atom stereocenters. The second-order valence-corrected chi connectivity index (χ2v) is 8.42. The quantitative estimate of drug-likeness (QED) is 0.348. The first-order valence-electron chi connectivity index (χ1n) is 8.84. The van der Waals surface area contributed by atoms with Gasteiger partial charge in [-0.25, -0.2) is 4.39 Å². The van der Waals surface area contributed by atoms with E-state index in [1.165, 1.54) is 12.1 Å². The van der Waals surface area contributed by atoms with Gasteiger partial charge in [0, 0.05) is 15.9 Å². The predicted octanol–water partition coefficient (Wildman–Crippen LogP) is 4.96. The molecule has 0 bridgehead atoms. The normalized spacial score (nSPS) is 12.4. The van der Waals surface area contributed by atoms with Crippen LogP contribution in [-0.2, 0) is 0 Å². The molecule has 2 aromatic carbocycles. The zero-order valence-electron chi connectivity index (χ0n) is 16.0. The number of hydrogen-bond donors (Lipinski definition) is 0. The molecule has 3 rings (SSSR count). The van der Waals surface area contributed by atoms with Crippen molar-refractivity contribution in [3.05, 3.63) is 64.6 Å². The average molecular weight is 465 g/mol. The van der Waals surface area contributed by atoms with Crippen LogP contribution in [-0.4, -0.2) is 46.1 Å². The molecular formula is C20H22BrFN4OS. The molecule has 0 amide bonds. The van der Waals surface area contributed by atoms with Crippen molar-refractivity contribution in [1.82, 2.24) is 19.7 Å². The molecule has 0 spiro atoms. The van der Waals surface area contributed by atoms with Crippen LogP contribution in [0.4, 0.5) is 4.39 Å². The van der Waals surface area contributed by atoms with Gasteiger partial charge in [-0.1, -0.05) is 33.8 Å². The minimum atomic E-state index is -0.268. The van der Waals surface area contributed by atoms with Gasteiger partial charge in [-0.05, 0) is 63.5 Å². The summed E-state index contributed by atoms with van der Waals surface area (Å²) in [4.78, 5) is 2.06. The minimum absolute atomic E-state index is 0.0600. The van der Waals surface area contributed by atoms with Crippen LogP contribution >= 0.6 is 27.7 Å². The zero-order chi connectivity index (χ0) is 20.1. The molecule has 8 heteroatoms. The Kier molecular flexibility index (Phi) is 7.09. The fourth-order valence-corrected chi connectivity index (χ4v) is 3.71. The van der Waals surface area contributed by atoms with Gasteiger partial charge in [0.2, 0.25) is 0 Å². The molecule has 0 aliphatic heterocycles. The van der Waals surface area contributed by atoms with Crippen LogP contribution in [0.25, 0.3) is 5.69 Å². The number of nitrogens with zero attached hydrogens (tertiary/aromatic N) is 4. The lowest BCUT2D eigenvalue weighted by atomic mass is 10.2. The van der Waals surface area contributed by atoms with Gasteiger partial charge in [0.15, 0.2) is 11.0 Å². The predicted molar refractivity (Wildman–Crippen MR) is 114 cm³/mol. The molecule has 1 atom stereocenters. The standard InChI is InChI=1S/C20H22BrFN4OS/c1-14(25(2)3)19-23-24-20(26(19)17-9-7-16(22)8-10-17)28-12-11-27-18-6-4-5-15(21)13-18/h4-10,13-14H,11-12H2,1-3H3. The first-order valence-corrected chi connectivity index (χ1v) is 10.6. The monoisotopic (exact) mass is 464 g/mol. The highest BCUT2D eigenvalue weighted by Gasteiger charge is 2.20. The number of benzene rings is 2. The molecule has 0 fully saturated rings. The number of thioether (sulfide) groups is 1. The lowest BCUT2D eigenvalue weighted by Crippen LogP contribution is -2.20. The zero-order valence-corrected chi connectivity index (χ0v) is 18.4. The Hall–Kier alpha value is -1.90. The Morgan fingerprint density at radius 3 is 2.61 bits per heavy atom. The summed E-state index contributed by atoms with van der Waals surface area (Å²) in [5.41, 5.74) is 0.838. The van der Waals surface area contributed by atoms with Gasteiger partial charge in [0.1, 0.15) is 11.6 Å². The molecule has 0 aliphatic rings. The number of ether oxygens (including phenoxy) is 1. The molecule has 28 heavy (non-hydrogen) atoms. The third-order valence-corrected chi connectivity index (χ3v) is 5.66. The molecular weight excluding hydrogens is 443 g/mol. The third kappa shape index (κ3) is 5.12. The van der Waals surface area contributed by atoms with E-state index in [0.29, 0.717) is 12.4 Å². The van der Waals surface area contributed by atoms with E-state index >= 15 is 0 Å². The van der Waals surface area contributed by atoms with Crippen LogP contribution in [0.15, 0.2) is 58.2 Å². The fraction of sp³-hybridized carbons (Fsp3) is 0.300. The van der Waals surface area contributed by atoms with E-state index in [9.17, 15) is 4.39 Å². The Bertz CT molecular complexity index is 917. The highest BCUT2D eigenvalue weighted by molar-refractivity contribution is 9.10. The molecule has 0 radical (unpaired) electrons. The summed E-state index contributed by atoms with van der Waals surface area (Å²) in [7, 11) is 3.99. The van der Waals surface area contributed by atoms with Crippen LogP contribution in [0.3, 0.4) is 0 Å². The van der Waals surface area contributed by atoms with Crippen molar-refractivity contribution in [2.45, 2.75) is 18.1 Å². The maximum atomic E-state index is 13.4. The fourth-order valence-electron chi connectivity index (χ4n) is 2.56. The van der Waals surface area contributed by atoms with E-state index in [-0.39, 0.29) is 11.9 Å². The van der Waals surface area contributed by atoms with Crippen LogP contribution in [0.1, 0.15) is 18.8 Å². The number of aromatic nitrogens is 3. The van der Waals surface area contributed by atoms with Crippen molar-refractivity contribution in [3.8, 4) is 11.4 Å². The lowest BCUT2D eigenvalue weighted by molar-refractivity contribution is 0.305. The van der Waals surface area contributed by atoms with E-state index < -0.39 is 0 Å². The Morgan fingerprint density at radius 2 is 1.93 bits per heavy atom. The average Bonchev–Trinajstić information content (AvgIpc) is 3.09. The molecule has 5 nitrogen and oxygen atoms in total. The summed E-state index contributed by atoms with van der Waals surface area (Å²) >= 11 is 5.00. The van der Waals surface area contributed by atoms with Crippen molar-refractivity contribution in [2.75, 3.05) is 26.5 Å². The van der Waals surface area contributed by atoms with Gasteiger partial charge in [0.25, 0.3) is 0 Å². The molecule has 0 saturated carbocycles. The van der Waals surface area contributed by atoms with Crippen molar-refractivity contribution in [3.63, 3.8) is 0 Å². The molecule has 1 aromatic heterocycles. The summed E-state index contributed by atoms with van der Waals surface area (Å²) in [5, 5.41) is 9.52. The Labute approximate surface area is 177 Å². The first kappa shape index (κ1) is 20.8. The largest absolute Gasteiger partial charge is 0.493 e. The molecule has 0 aliphatic carbocycles. The van der Waals surface area contributed by atoms with Gasteiger partial charge in [0.05, 0.1) is 12.6 Å². The van der Waals surface area contributed by atoms with E-state index in [0.717, 1.165) is 26.9 Å². The maximum Gasteiger partial charge on any atom is 0.196 e. The Morgan fingerprint density at radius 1 is 1.18 bits per heavy atom. The number of rotatable bonds is 8. The van der Waals surface area contributed by atoms with Gasteiger partial charge < -0.3 is 4.74 Å². The SMILES string of the molecule is CC(c1nnc(SCCOc2cccc(Br)c2)n1-c1ccc(F)cc1)N(C)C. The number of hydrogen-bond acceptors (Lipinski definition) is 5. The summed E-state index contributed by atoms with van der Waals surface area (Å²) in [6.45, 7) is 2.60. The number of halogens is 2. The second-order valence-electron chi connectivity index (χ2n) is 6.45. The van der Waals surface area contributed by atoms with Gasteiger partial charge in [-0.15, -0.1) is 10.2 Å². The van der Waals surface area contributed by atoms with Gasteiger partial charge >= 0.3 is 0 Å². The summed E-state index contributed by atoms with van der Waals surface area (Å²) < 4.78 is 22.1. The van der Waals surface area contributed by atoms with Crippen LogP contribution in [0.5, 0.6) is 5.75 Å². The van der Waals surface area contributed by atoms with E-state index in [1.807, 2.05) is 42.9 Å². The molecule has 0 N–H and O–H groups in total. The summed E-state index contributed by atoms with van der Waals surface area (Å²) in [6, 6.07) is 14.2. The highest BCUT2D eigenvalue weighted by Crippen LogP contribution is 2.27. The smallest absolute Gasteiger partial charge is 0.196 e. The molecule has 1 heterocycles. The summed E-state index contributed by atoms with van der Waals surface area (Å²) in [5.74, 6) is 2.07. The molecule has 148 valence electrons. The van der Waals surface area contributed by atoms with Crippen LogP contribution in [0.2, 0.25) is 0 Å². The van der Waals surface area contributed by atoms with Gasteiger partial charge in [-0.3, -0.25) is 9.47 Å². The van der Waals surface area contributed by atoms with Crippen molar-refractivity contribution >= 4 is 27.7 Å². The van der Waals surface area contributed by atoms with Crippen molar-refractivity contribution < 1.29 is 9.13 Å².